The molecule has 0 fully saturated rings. The van der Waals surface area contributed by atoms with Crippen LogP contribution in [0.3, 0.4) is 0 Å². The second-order valence-electron chi connectivity index (χ2n) is 4.74. The lowest BCUT2D eigenvalue weighted by Gasteiger charge is -2.25. The summed E-state index contributed by atoms with van der Waals surface area (Å²) in [6.07, 6.45) is 0.442. The quantitative estimate of drug-likeness (QED) is 0.793. The van der Waals surface area contributed by atoms with Crippen LogP contribution in [0.4, 0.5) is 0 Å². The number of carboxylic acid groups (broad SMARTS) is 1. The number of hydrogen-bond acceptors (Lipinski definition) is 2. The third-order valence-electron chi connectivity index (χ3n) is 2.50. The Morgan fingerprint density at radius 3 is 2.61 bits per heavy atom. The fourth-order valence-electron chi connectivity index (χ4n) is 1.49. The normalized spacial score (nSPS) is 11.1. The number of aliphatic carboxylic acids is 1. The molecule has 0 spiro atoms. The monoisotopic (exact) mass is 361 g/mol. The van der Waals surface area contributed by atoms with Crippen molar-refractivity contribution in [2.75, 3.05) is 0 Å². The highest BCUT2D eigenvalue weighted by Gasteiger charge is 2.22. The summed E-state index contributed by atoms with van der Waals surface area (Å²) in [5.41, 5.74) is 0.0572. The van der Waals surface area contributed by atoms with Gasteiger partial charge in [0.25, 0.3) is 5.91 Å². The zero-order chi connectivity index (χ0) is 13.8. The number of amides is 1. The lowest BCUT2D eigenvalue weighted by atomic mass is 9.98. The van der Waals surface area contributed by atoms with E-state index >= 15 is 0 Å². The number of carboxylic acids is 1. The first-order valence-electron chi connectivity index (χ1n) is 5.60. The largest absolute Gasteiger partial charge is 0.481 e. The number of carbonyl (C=O) groups excluding carboxylic acids is 1. The molecule has 1 aromatic rings. The van der Waals surface area contributed by atoms with Crippen LogP contribution in [0.25, 0.3) is 0 Å². The molecule has 1 amide bonds. The average Bonchev–Trinajstić information content (AvgIpc) is 2.26. The molecular formula is C13H16INO3. The van der Waals surface area contributed by atoms with Crippen LogP contribution in [0.2, 0.25) is 0 Å². The van der Waals surface area contributed by atoms with Gasteiger partial charge in [0.1, 0.15) is 0 Å². The molecule has 0 unspecified atom stereocenters. The summed E-state index contributed by atoms with van der Waals surface area (Å²) in [6.45, 7) is 3.64. The molecule has 0 aliphatic rings. The third kappa shape index (κ3) is 5.03. The summed E-state index contributed by atoms with van der Waals surface area (Å²) < 4.78 is 0.989. The van der Waals surface area contributed by atoms with Crippen LogP contribution in [0.1, 0.15) is 37.0 Å². The first-order chi connectivity index (χ1) is 8.30. The minimum absolute atomic E-state index is 0.0413. The fourth-order valence-corrected chi connectivity index (χ4v) is 2.03. The van der Waals surface area contributed by atoms with E-state index in [1.165, 1.54) is 0 Å². The van der Waals surface area contributed by atoms with E-state index in [9.17, 15) is 9.59 Å². The predicted molar refractivity (Wildman–Crippen MR) is 77.6 cm³/mol. The van der Waals surface area contributed by atoms with E-state index in [-0.39, 0.29) is 12.3 Å². The van der Waals surface area contributed by atoms with Crippen molar-refractivity contribution in [1.29, 1.82) is 0 Å². The molecule has 2 N–H and O–H groups in total. The molecule has 0 bridgehead atoms. The van der Waals surface area contributed by atoms with Crippen molar-refractivity contribution in [3.63, 3.8) is 0 Å². The Bertz CT molecular complexity index is 457. The van der Waals surface area contributed by atoms with Gasteiger partial charge in [0.05, 0.1) is 0 Å². The maximum absolute atomic E-state index is 12.0. The molecule has 0 atom stereocenters. The van der Waals surface area contributed by atoms with Gasteiger partial charge in [-0.05, 0) is 61.1 Å². The van der Waals surface area contributed by atoms with Crippen LogP contribution in [0.5, 0.6) is 0 Å². The molecule has 1 aromatic carbocycles. The van der Waals surface area contributed by atoms with Gasteiger partial charge in [-0.25, -0.2) is 0 Å². The van der Waals surface area contributed by atoms with Crippen molar-refractivity contribution in [3.8, 4) is 0 Å². The van der Waals surface area contributed by atoms with Crippen molar-refractivity contribution < 1.29 is 14.7 Å². The highest BCUT2D eigenvalue weighted by Crippen LogP contribution is 2.14. The summed E-state index contributed by atoms with van der Waals surface area (Å²) in [5, 5.41) is 11.5. The average molecular weight is 361 g/mol. The molecule has 0 saturated carbocycles. The van der Waals surface area contributed by atoms with E-state index in [1.807, 2.05) is 26.0 Å². The summed E-state index contributed by atoms with van der Waals surface area (Å²) >= 11 is 2.14. The number of rotatable bonds is 5. The van der Waals surface area contributed by atoms with Gasteiger partial charge >= 0.3 is 5.97 Å². The first kappa shape index (κ1) is 14.9. The van der Waals surface area contributed by atoms with Crippen LogP contribution in [-0.4, -0.2) is 22.5 Å². The second kappa shape index (κ2) is 6.17. The topological polar surface area (TPSA) is 66.4 Å². The maximum Gasteiger partial charge on any atom is 0.303 e. The Hall–Kier alpha value is -1.11. The first-order valence-corrected chi connectivity index (χ1v) is 6.68. The van der Waals surface area contributed by atoms with E-state index < -0.39 is 11.5 Å². The van der Waals surface area contributed by atoms with E-state index in [0.717, 1.165) is 3.57 Å². The van der Waals surface area contributed by atoms with Gasteiger partial charge in [-0.2, -0.15) is 0 Å². The smallest absolute Gasteiger partial charge is 0.303 e. The van der Waals surface area contributed by atoms with Crippen LogP contribution < -0.4 is 5.32 Å². The van der Waals surface area contributed by atoms with Gasteiger partial charge in [-0.1, -0.05) is 6.07 Å². The molecule has 5 heteroatoms. The molecule has 0 heterocycles. The molecule has 98 valence electrons. The highest BCUT2D eigenvalue weighted by molar-refractivity contribution is 14.1. The van der Waals surface area contributed by atoms with Gasteiger partial charge in [0.15, 0.2) is 0 Å². The van der Waals surface area contributed by atoms with E-state index in [4.69, 9.17) is 5.11 Å². The molecule has 0 radical (unpaired) electrons. The molecule has 0 aliphatic heterocycles. The summed E-state index contributed by atoms with van der Waals surface area (Å²) in [6, 6.07) is 7.27. The van der Waals surface area contributed by atoms with E-state index in [2.05, 4.69) is 27.9 Å². The van der Waals surface area contributed by atoms with Crippen molar-refractivity contribution in [2.45, 2.75) is 32.2 Å². The second-order valence-corrected chi connectivity index (χ2v) is 5.99. The number of benzene rings is 1. The Kier molecular flexibility index (Phi) is 5.13. The fraction of sp³-hybridized carbons (Fsp3) is 0.385. The SMILES string of the molecule is CC(C)(CCC(=O)O)NC(=O)c1cccc(I)c1. The summed E-state index contributed by atoms with van der Waals surface area (Å²) in [5.74, 6) is -1.03. The molecule has 4 nitrogen and oxygen atoms in total. The Balaban J connectivity index is 2.66. The molecule has 0 aromatic heterocycles. The van der Waals surface area contributed by atoms with Gasteiger partial charge in [-0.3, -0.25) is 9.59 Å². The highest BCUT2D eigenvalue weighted by atomic mass is 127. The molecular weight excluding hydrogens is 345 g/mol. The molecule has 0 saturated heterocycles. The molecule has 0 aliphatic carbocycles. The lowest BCUT2D eigenvalue weighted by Crippen LogP contribution is -2.43. The molecule has 1 rings (SSSR count). The van der Waals surface area contributed by atoms with Crippen LogP contribution in [-0.2, 0) is 4.79 Å². The minimum Gasteiger partial charge on any atom is -0.481 e. The number of carbonyl (C=O) groups is 2. The van der Waals surface area contributed by atoms with Gasteiger partial charge in [-0.15, -0.1) is 0 Å². The maximum atomic E-state index is 12.0. The van der Waals surface area contributed by atoms with Crippen LogP contribution >= 0.6 is 22.6 Å². The van der Waals surface area contributed by atoms with Crippen molar-refractivity contribution >= 4 is 34.5 Å². The van der Waals surface area contributed by atoms with Crippen molar-refractivity contribution in [3.05, 3.63) is 33.4 Å². The van der Waals surface area contributed by atoms with Gasteiger partial charge in [0.2, 0.25) is 0 Å². The van der Waals surface area contributed by atoms with E-state index in [0.29, 0.717) is 12.0 Å². The van der Waals surface area contributed by atoms with Gasteiger partial charge in [0, 0.05) is 21.1 Å². The zero-order valence-corrected chi connectivity index (χ0v) is 12.5. The van der Waals surface area contributed by atoms with Gasteiger partial charge < -0.3 is 10.4 Å². The van der Waals surface area contributed by atoms with Crippen molar-refractivity contribution in [2.24, 2.45) is 0 Å². The van der Waals surface area contributed by atoms with Crippen LogP contribution in [0, 0.1) is 3.57 Å². The molecule has 18 heavy (non-hydrogen) atoms. The predicted octanol–water partition coefficient (Wildman–Crippen LogP) is 2.66. The number of nitrogens with one attached hydrogen (secondary N) is 1. The van der Waals surface area contributed by atoms with E-state index in [1.54, 1.807) is 12.1 Å². The van der Waals surface area contributed by atoms with Crippen molar-refractivity contribution in [1.82, 2.24) is 5.32 Å². The van der Waals surface area contributed by atoms with Crippen LogP contribution in [0.15, 0.2) is 24.3 Å². The Labute approximate surface area is 120 Å². The number of halogens is 1. The minimum atomic E-state index is -0.855. The Morgan fingerprint density at radius 1 is 1.39 bits per heavy atom. The zero-order valence-electron chi connectivity index (χ0n) is 10.4. The lowest BCUT2D eigenvalue weighted by molar-refractivity contribution is -0.137. The Morgan fingerprint density at radius 2 is 2.06 bits per heavy atom. The summed E-state index contributed by atoms with van der Waals surface area (Å²) in [4.78, 5) is 22.5. The number of hydrogen-bond donors (Lipinski definition) is 2. The summed E-state index contributed by atoms with van der Waals surface area (Å²) in [7, 11) is 0. The third-order valence-corrected chi connectivity index (χ3v) is 3.17. The standard InChI is InChI=1S/C13H16INO3/c1-13(2,7-6-11(16)17)15-12(18)9-4-3-5-10(14)8-9/h3-5,8H,6-7H2,1-2H3,(H,15,18)(H,16,17).